The maximum Gasteiger partial charge on any atom is 0.335 e. The number of carboxylic acids is 1. The van der Waals surface area contributed by atoms with E-state index in [0.29, 0.717) is 16.9 Å². The van der Waals surface area contributed by atoms with Gasteiger partial charge < -0.3 is 21.1 Å². The normalized spacial score (nSPS) is 11.1. The Hall–Kier alpha value is -5.67. The highest BCUT2D eigenvalue weighted by atomic mass is 32.2. The second kappa shape index (κ2) is 14.2. The predicted molar refractivity (Wildman–Crippen MR) is 178 cm³/mol. The number of anilines is 2. The minimum atomic E-state index is -1.07. The summed E-state index contributed by atoms with van der Waals surface area (Å²) in [7, 11) is 0. The zero-order chi connectivity index (χ0) is 31.8. The Morgan fingerprint density at radius 1 is 0.756 bits per heavy atom. The molecule has 0 saturated carbocycles. The van der Waals surface area contributed by atoms with E-state index < -0.39 is 17.8 Å². The standard InChI is InChI=1S/C36H29N3O5S/c1-23-14-15-27(36(43)44)21-31(23)38-33(40)22-45-29-18-16-28(17-19-29)37-35(42)32(39-34(41)25-9-3-2-4-10-25)20-26-12-7-11-24-8-5-6-13-30(24)26/h2-21H,22H2,1H3,(H,37,42)(H,38,40)(H,39,41)(H,43,44)/b32-20-. The van der Waals surface area contributed by atoms with Gasteiger partial charge in [-0.15, -0.1) is 11.8 Å². The molecule has 3 amide bonds. The lowest BCUT2D eigenvalue weighted by molar-refractivity contribution is -0.114. The van der Waals surface area contributed by atoms with Gasteiger partial charge in [0.25, 0.3) is 11.8 Å². The summed E-state index contributed by atoms with van der Waals surface area (Å²) >= 11 is 1.30. The van der Waals surface area contributed by atoms with Crippen LogP contribution in [0, 0.1) is 6.92 Å². The molecule has 0 aliphatic rings. The van der Waals surface area contributed by atoms with Crippen LogP contribution in [0.25, 0.3) is 16.8 Å². The molecule has 4 N–H and O–H groups in total. The molecule has 0 radical (unpaired) electrons. The van der Waals surface area contributed by atoms with Gasteiger partial charge in [0.15, 0.2) is 0 Å². The molecular weight excluding hydrogens is 586 g/mol. The van der Waals surface area contributed by atoms with Gasteiger partial charge >= 0.3 is 5.97 Å². The maximum atomic E-state index is 13.5. The molecule has 5 aromatic carbocycles. The lowest BCUT2D eigenvalue weighted by Gasteiger charge is -2.13. The molecule has 0 atom stereocenters. The fraction of sp³-hybridized carbons (Fsp3) is 0.0556. The highest BCUT2D eigenvalue weighted by Gasteiger charge is 2.16. The Kier molecular flexibility index (Phi) is 9.71. The van der Waals surface area contributed by atoms with Crippen molar-refractivity contribution in [1.29, 1.82) is 0 Å². The SMILES string of the molecule is Cc1ccc(C(=O)O)cc1NC(=O)CSc1ccc(NC(=O)/C(=C/c2cccc3ccccc23)NC(=O)c2ccccc2)cc1. The third-order valence-corrected chi connectivity index (χ3v) is 7.90. The molecule has 0 unspecified atom stereocenters. The van der Waals surface area contributed by atoms with E-state index in [2.05, 4.69) is 16.0 Å². The molecule has 0 spiro atoms. The first-order chi connectivity index (χ1) is 21.8. The molecule has 0 aliphatic carbocycles. The number of amides is 3. The number of nitrogens with one attached hydrogen (secondary N) is 3. The van der Waals surface area contributed by atoms with E-state index in [-0.39, 0.29) is 22.9 Å². The summed E-state index contributed by atoms with van der Waals surface area (Å²) in [6.07, 6.45) is 1.66. The molecule has 0 aliphatic heterocycles. The van der Waals surface area contributed by atoms with Gasteiger partial charge in [-0.05, 0) is 83.4 Å². The van der Waals surface area contributed by atoms with Crippen molar-refractivity contribution >= 4 is 63.7 Å². The number of fused-ring (bicyclic) bond motifs is 1. The van der Waals surface area contributed by atoms with Gasteiger partial charge in [0.1, 0.15) is 5.70 Å². The summed E-state index contributed by atoms with van der Waals surface area (Å²) in [4.78, 5) is 51.1. The highest BCUT2D eigenvalue weighted by molar-refractivity contribution is 8.00. The summed E-state index contributed by atoms with van der Waals surface area (Å²) in [5.74, 6) is -2.15. The van der Waals surface area contributed by atoms with Crippen LogP contribution in [0.5, 0.6) is 0 Å². The van der Waals surface area contributed by atoms with E-state index in [4.69, 9.17) is 0 Å². The van der Waals surface area contributed by atoms with Crippen LogP contribution in [0.2, 0.25) is 0 Å². The Morgan fingerprint density at radius 3 is 2.22 bits per heavy atom. The number of hydrogen-bond donors (Lipinski definition) is 4. The molecular formula is C36H29N3O5S. The van der Waals surface area contributed by atoms with Crippen molar-refractivity contribution in [3.8, 4) is 0 Å². The molecule has 0 bridgehead atoms. The second-order valence-electron chi connectivity index (χ2n) is 10.1. The number of aromatic carboxylic acids is 1. The van der Waals surface area contributed by atoms with Crippen molar-refractivity contribution in [3.05, 3.63) is 143 Å². The Morgan fingerprint density at radius 2 is 1.47 bits per heavy atom. The van der Waals surface area contributed by atoms with E-state index in [1.807, 2.05) is 48.5 Å². The number of carbonyl (C=O) groups is 4. The van der Waals surface area contributed by atoms with Gasteiger partial charge in [-0.3, -0.25) is 14.4 Å². The predicted octanol–water partition coefficient (Wildman–Crippen LogP) is 6.99. The lowest BCUT2D eigenvalue weighted by Crippen LogP contribution is -2.30. The lowest BCUT2D eigenvalue weighted by atomic mass is 10.0. The van der Waals surface area contributed by atoms with Gasteiger partial charge in [-0.25, -0.2) is 4.79 Å². The summed E-state index contributed by atoms with van der Waals surface area (Å²) < 4.78 is 0. The third kappa shape index (κ3) is 8.04. The van der Waals surface area contributed by atoms with Crippen molar-refractivity contribution < 1.29 is 24.3 Å². The summed E-state index contributed by atoms with van der Waals surface area (Å²) in [5.41, 5.74) is 3.09. The highest BCUT2D eigenvalue weighted by Crippen LogP contribution is 2.24. The first-order valence-electron chi connectivity index (χ1n) is 14.0. The van der Waals surface area contributed by atoms with E-state index in [1.165, 1.54) is 23.9 Å². The molecule has 0 heterocycles. The molecule has 8 nitrogen and oxygen atoms in total. The van der Waals surface area contributed by atoms with Crippen molar-refractivity contribution in [2.24, 2.45) is 0 Å². The number of hydrogen-bond acceptors (Lipinski definition) is 5. The second-order valence-corrected chi connectivity index (χ2v) is 11.1. The smallest absolute Gasteiger partial charge is 0.335 e. The van der Waals surface area contributed by atoms with Gasteiger partial charge in [0.2, 0.25) is 5.91 Å². The molecule has 0 fully saturated rings. The minimum Gasteiger partial charge on any atom is -0.478 e. The fourth-order valence-electron chi connectivity index (χ4n) is 4.53. The molecule has 224 valence electrons. The van der Waals surface area contributed by atoms with Gasteiger partial charge in [-0.1, -0.05) is 66.7 Å². The van der Waals surface area contributed by atoms with Crippen molar-refractivity contribution in [2.45, 2.75) is 11.8 Å². The quantitative estimate of drug-likeness (QED) is 0.0992. The Bertz CT molecular complexity index is 1920. The summed E-state index contributed by atoms with van der Waals surface area (Å²) in [6, 6.07) is 33.8. The van der Waals surface area contributed by atoms with Gasteiger partial charge in [-0.2, -0.15) is 0 Å². The van der Waals surface area contributed by atoms with Crippen LogP contribution in [0.1, 0.15) is 31.8 Å². The van der Waals surface area contributed by atoms with Crippen LogP contribution < -0.4 is 16.0 Å². The van der Waals surface area contributed by atoms with E-state index in [0.717, 1.165) is 26.8 Å². The number of thioether (sulfide) groups is 1. The fourth-order valence-corrected chi connectivity index (χ4v) is 5.23. The summed E-state index contributed by atoms with van der Waals surface area (Å²) in [6.45, 7) is 1.79. The van der Waals surface area contributed by atoms with Gasteiger partial charge in [0.05, 0.1) is 11.3 Å². The van der Waals surface area contributed by atoms with Crippen molar-refractivity contribution in [2.75, 3.05) is 16.4 Å². The van der Waals surface area contributed by atoms with Crippen LogP contribution in [0.4, 0.5) is 11.4 Å². The average molecular weight is 616 g/mol. The van der Waals surface area contributed by atoms with E-state index >= 15 is 0 Å². The number of benzene rings is 5. The topological polar surface area (TPSA) is 125 Å². The molecule has 5 rings (SSSR count). The average Bonchev–Trinajstić information content (AvgIpc) is 3.05. The first kappa shape index (κ1) is 30.8. The number of aryl methyl sites for hydroxylation is 1. The largest absolute Gasteiger partial charge is 0.478 e. The number of carbonyl (C=O) groups excluding carboxylic acids is 3. The zero-order valence-corrected chi connectivity index (χ0v) is 25.1. The molecule has 5 aromatic rings. The number of carboxylic acid groups (broad SMARTS) is 1. The van der Waals surface area contributed by atoms with E-state index in [1.54, 1.807) is 67.6 Å². The van der Waals surface area contributed by atoms with Crippen LogP contribution in [-0.4, -0.2) is 34.6 Å². The summed E-state index contributed by atoms with van der Waals surface area (Å²) in [5, 5.41) is 19.6. The monoisotopic (exact) mass is 615 g/mol. The van der Waals surface area contributed by atoms with Gasteiger partial charge in [0, 0.05) is 21.8 Å². The van der Waals surface area contributed by atoms with E-state index in [9.17, 15) is 24.3 Å². The molecule has 45 heavy (non-hydrogen) atoms. The third-order valence-electron chi connectivity index (χ3n) is 6.89. The molecule has 0 aromatic heterocycles. The van der Waals surface area contributed by atoms with Crippen molar-refractivity contribution in [1.82, 2.24) is 5.32 Å². The zero-order valence-electron chi connectivity index (χ0n) is 24.2. The van der Waals surface area contributed by atoms with Crippen molar-refractivity contribution in [3.63, 3.8) is 0 Å². The molecule has 0 saturated heterocycles. The molecule has 9 heteroatoms. The number of rotatable bonds is 10. The van der Waals surface area contributed by atoms with Crippen LogP contribution >= 0.6 is 11.8 Å². The minimum absolute atomic E-state index is 0.0811. The van der Waals surface area contributed by atoms with Crippen LogP contribution in [-0.2, 0) is 9.59 Å². The van der Waals surface area contributed by atoms with Crippen LogP contribution in [0.15, 0.2) is 126 Å². The van der Waals surface area contributed by atoms with Crippen LogP contribution in [0.3, 0.4) is 0 Å². The first-order valence-corrected chi connectivity index (χ1v) is 15.0. The Balaban J connectivity index is 1.28. The Labute approximate surface area is 264 Å². The maximum absolute atomic E-state index is 13.5.